The minimum absolute atomic E-state index is 0.0514. The van der Waals surface area contributed by atoms with Gasteiger partial charge < -0.3 is 10.1 Å². The van der Waals surface area contributed by atoms with Gasteiger partial charge in [0, 0.05) is 31.5 Å². The minimum atomic E-state index is -3.66. The highest BCUT2D eigenvalue weighted by Gasteiger charge is 2.26. The molecule has 0 fully saturated rings. The van der Waals surface area contributed by atoms with Crippen LogP contribution >= 0.6 is 0 Å². The Balaban J connectivity index is 2.88. The van der Waals surface area contributed by atoms with Gasteiger partial charge in [0.25, 0.3) is 10.0 Å². The molecular formula is C13H26N4O3S. The van der Waals surface area contributed by atoms with Crippen LogP contribution in [0.4, 0.5) is 0 Å². The highest BCUT2D eigenvalue weighted by Crippen LogP contribution is 2.17. The maximum absolute atomic E-state index is 12.4. The monoisotopic (exact) mass is 318 g/mol. The molecule has 1 aromatic heterocycles. The van der Waals surface area contributed by atoms with Gasteiger partial charge in [0.05, 0.1) is 5.60 Å². The third-order valence-electron chi connectivity index (χ3n) is 3.26. The summed E-state index contributed by atoms with van der Waals surface area (Å²) in [5.41, 5.74) is 0.857. The van der Waals surface area contributed by atoms with E-state index in [1.165, 1.54) is 0 Å². The predicted octanol–water partition coefficient (Wildman–Crippen LogP) is 0.921. The van der Waals surface area contributed by atoms with Gasteiger partial charge in [-0.15, -0.1) is 0 Å². The molecule has 0 bridgehead atoms. The molecule has 0 amide bonds. The predicted molar refractivity (Wildman–Crippen MR) is 81.6 cm³/mol. The van der Waals surface area contributed by atoms with Gasteiger partial charge in [-0.25, -0.2) is 13.1 Å². The molecule has 0 unspecified atom stereocenters. The summed E-state index contributed by atoms with van der Waals surface area (Å²) in [6.07, 6.45) is 0.985. The van der Waals surface area contributed by atoms with Crippen molar-refractivity contribution >= 4 is 10.0 Å². The number of nitrogens with zero attached hydrogens (tertiary/aromatic N) is 1. The Bertz CT molecular complexity index is 552. The van der Waals surface area contributed by atoms with Crippen molar-refractivity contribution in [1.82, 2.24) is 20.2 Å². The second-order valence-corrected chi connectivity index (χ2v) is 7.28. The normalized spacial score (nSPS) is 12.8. The Hall–Kier alpha value is -0.960. The highest BCUT2D eigenvalue weighted by molar-refractivity contribution is 7.89. The number of H-pyrrole nitrogens is 1. The molecule has 0 atom stereocenters. The molecule has 0 saturated carbocycles. The average Bonchev–Trinajstić information content (AvgIpc) is 2.80. The molecule has 0 spiro atoms. The van der Waals surface area contributed by atoms with Crippen LogP contribution in [0.25, 0.3) is 0 Å². The maximum Gasteiger partial charge on any atom is 0.260 e. The van der Waals surface area contributed by atoms with Crippen LogP contribution in [0.15, 0.2) is 5.03 Å². The number of hydrogen-bond donors (Lipinski definition) is 3. The first-order valence-corrected chi connectivity index (χ1v) is 8.51. The van der Waals surface area contributed by atoms with E-state index in [0.717, 1.165) is 18.7 Å². The van der Waals surface area contributed by atoms with Crippen LogP contribution in [0, 0.1) is 6.92 Å². The molecule has 3 N–H and O–H groups in total. The molecule has 0 aliphatic heterocycles. The third-order valence-corrected chi connectivity index (χ3v) is 4.63. The topological polar surface area (TPSA) is 96.1 Å². The van der Waals surface area contributed by atoms with Gasteiger partial charge in [-0.05, 0) is 33.7 Å². The molecule has 1 heterocycles. The number of ether oxygens (including phenoxy) is 1. The van der Waals surface area contributed by atoms with Crippen molar-refractivity contribution in [1.29, 1.82) is 0 Å². The van der Waals surface area contributed by atoms with Crippen molar-refractivity contribution in [2.75, 3.05) is 20.2 Å². The zero-order valence-electron chi connectivity index (χ0n) is 13.4. The first-order valence-electron chi connectivity index (χ1n) is 7.03. The number of hydrogen-bond acceptors (Lipinski definition) is 5. The maximum atomic E-state index is 12.4. The van der Waals surface area contributed by atoms with Crippen molar-refractivity contribution in [2.45, 2.75) is 51.3 Å². The Kier molecular flexibility index (Phi) is 6.33. The molecule has 122 valence electrons. The van der Waals surface area contributed by atoms with E-state index < -0.39 is 15.6 Å². The second kappa shape index (κ2) is 7.35. The number of methoxy groups -OCH3 is 1. The van der Waals surface area contributed by atoms with Crippen molar-refractivity contribution in [2.24, 2.45) is 0 Å². The Morgan fingerprint density at radius 2 is 2.05 bits per heavy atom. The van der Waals surface area contributed by atoms with Crippen LogP contribution in [0.5, 0.6) is 0 Å². The van der Waals surface area contributed by atoms with E-state index in [1.807, 2.05) is 20.8 Å². The summed E-state index contributed by atoms with van der Waals surface area (Å²) in [6, 6.07) is 0. The van der Waals surface area contributed by atoms with Crippen molar-refractivity contribution in [3.05, 3.63) is 11.3 Å². The molecule has 0 aliphatic carbocycles. The largest absolute Gasteiger partial charge is 0.377 e. The first kappa shape index (κ1) is 18.1. The summed E-state index contributed by atoms with van der Waals surface area (Å²) in [5, 5.41) is 9.93. The molecule has 1 aromatic rings. The zero-order chi connectivity index (χ0) is 16.1. The fourth-order valence-electron chi connectivity index (χ4n) is 1.66. The van der Waals surface area contributed by atoms with Gasteiger partial charge >= 0.3 is 0 Å². The smallest absolute Gasteiger partial charge is 0.260 e. The second-order valence-electron chi connectivity index (χ2n) is 5.60. The molecule has 21 heavy (non-hydrogen) atoms. The Morgan fingerprint density at radius 1 is 1.38 bits per heavy atom. The number of sulfonamides is 1. The first-order chi connectivity index (χ1) is 9.73. The fourth-order valence-corrected chi connectivity index (χ4v) is 3.05. The SMILES string of the molecule is CCCNCc1c(S(=O)(=O)NCC(C)(C)OC)n[nH]c1C. The van der Waals surface area contributed by atoms with Crippen LogP contribution in [-0.2, 0) is 21.3 Å². The summed E-state index contributed by atoms with van der Waals surface area (Å²) in [6.45, 7) is 8.98. The fraction of sp³-hybridized carbons (Fsp3) is 0.769. The van der Waals surface area contributed by atoms with Gasteiger partial charge in [-0.3, -0.25) is 5.10 Å². The lowest BCUT2D eigenvalue weighted by Gasteiger charge is -2.22. The van der Waals surface area contributed by atoms with E-state index in [2.05, 4.69) is 27.2 Å². The summed E-state index contributed by atoms with van der Waals surface area (Å²) in [4.78, 5) is 0. The summed E-state index contributed by atoms with van der Waals surface area (Å²) >= 11 is 0. The van der Waals surface area contributed by atoms with Gasteiger partial charge in [0.1, 0.15) is 0 Å². The van der Waals surface area contributed by atoms with Crippen LogP contribution in [-0.4, -0.2) is 44.4 Å². The molecule has 0 radical (unpaired) electrons. The van der Waals surface area contributed by atoms with E-state index in [0.29, 0.717) is 12.1 Å². The van der Waals surface area contributed by atoms with Gasteiger partial charge in [0.2, 0.25) is 0 Å². The summed E-state index contributed by atoms with van der Waals surface area (Å²) < 4.78 is 32.5. The van der Waals surface area contributed by atoms with Gasteiger partial charge in [-0.2, -0.15) is 5.10 Å². The highest BCUT2D eigenvalue weighted by atomic mass is 32.2. The Morgan fingerprint density at radius 3 is 2.62 bits per heavy atom. The number of aromatic amines is 1. The van der Waals surface area contributed by atoms with E-state index in [1.54, 1.807) is 7.11 Å². The van der Waals surface area contributed by atoms with Crippen LogP contribution in [0.3, 0.4) is 0 Å². The molecule has 0 saturated heterocycles. The zero-order valence-corrected chi connectivity index (χ0v) is 14.2. The standard InChI is InChI=1S/C13H26N4O3S/c1-6-7-14-8-11-10(2)16-17-12(11)21(18,19)15-9-13(3,4)20-5/h14-15H,6-9H2,1-5H3,(H,16,17). The molecule has 1 rings (SSSR count). The lowest BCUT2D eigenvalue weighted by molar-refractivity contribution is 0.0276. The summed E-state index contributed by atoms with van der Waals surface area (Å²) in [5.74, 6) is 0. The average molecular weight is 318 g/mol. The minimum Gasteiger partial charge on any atom is -0.377 e. The van der Waals surface area contributed by atoms with Crippen LogP contribution in [0.1, 0.15) is 38.4 Å². The number of aryl methyl sites for hydroxylation is 1. The Labute approximate surface area is 126 Å². The number of nitrogens with one attached hydrogen (secondary N) is 3. The summed E-state index contributed by atoms with van der Waals surface area (Å²) in [7, 11) is -2.11. The van der Waals surface area contributed by atoms with Gasteiger partial charge in [-0.1, -0.05) is 6.92 Å². The number of rotatable bonds is 9. The number of aromatic nitrogens is 2. The molecule has 8 heteroatoms. The van der Waals surface area contributed by atoms with E-state index >= 15 is 0 Å². The molecular weight excluding hydrogens is 292 g/mol. The van der Waals surface area contributed by atoms with Crippen LogP contribution < -0.4 is 10.0 Å². The van der Waals surface area contributed by atoms with E-state index in [-0.39, 0.29) is 11.6 Å². The molecule has 7 nitrogen and oxygen atoms in total. The third kappa shape index (κ3) is 5.06. The van der Waals surface area contributed by atoms with E-state index in [4.69, 9.17) is 4.74 Å². The van der Waals surface area contributed by atoms with E-state index in [9.17, 15) is 8.42 Å². The van der Waals surface area contributed by atoms with Crippen molar-refractivity contribution < 1.29 is 13.2 Å². The van der Waals surface area contributed by atoms with Crippen molar-refractivity contribution in [3.8, 4) is 0 Å². The molecule has 0 aromatic carbocycles. The lowest BCUT2D eigenvalue weighted by atomic mass is 10.1. The lowest BCUT2D eigenvalue weighted by Crippen LogP contribution is -2.40. The van der Waals surface area contributed by atoms with Gasteiger partial charge in [0.15, 0.2) is 5.03 Å². The van der Waals surface area contributed by atoms with Crippen LogP contribution in [0.2, 0.25) is 0 Å². The van der Waals surface area contributed by atoms with Crippen molar-refractivity contribution in [3.63, 3.8) is 0 Å². The molecule has 0 aliphatic rings. The quantitative estimate of drug-likeness (QED) is 0.588.